The zero-order valence-electron chi connectivity index (χ0n) is 9.96. The highest BCUT2D eigenvalue weighted by Gasteiger charge is 2.30. The first-order valence-corrected chi connectivity index (χ1v) is 8.07. The van der Waals surface area contributed by atoms with Gasteiger partial charge < -0.3 is 0 Å². The number of hydrogen-bond acceptors (Lipinski definition) is 4. The molecule has 92 valence electrons. The summed E-state index contributed by atoms with van der Waals surface area (Å²) in [5.41, 5.74) is 0.892. The van der Waals surface area contributed by atoms with E-state index in [1.807, 2.05) is 41.7 Å². The maximum atomic E-state index is 12.3. The number of nitrogens with zero attached hydrogens (tertiary/aromatic N) is 1. The van der Waals surface area contributed by atoms with E-state index in [9.17, 15) is 4.79 Å². The van der Waals surface area contributed by atoms with Gasteiger partial charge in [0, 0.05) is 35.1 Å². The van der Waals surface area contributed by atoms with E-state index in [1.54, 1.807) is 6.20 Å². The Bertz CT molecular complexity index is 369. The molecule has 1 fully saturated rings. The van der Waals surface area contributed by atoms with Gasteiger partial charge in [-0.15, -0.1) is 11.8 Å². The molecule has 1 aromatic rings. The van der Waals surface area contributed by atoms with Crippen molar-refractivity contribution >= 4 is 29.3 Å². The van der Waals surface area contributed by atoms with Crippen LogP contribution < -0.4 is 0 Å². The number of pyridine rings is 1. The molecule has 0 aliphatic carbocycles. The fourth-order valence-corrected chi connectivity index (χ4v) is 5.02. The predicted octanol–water partition coefficient (Wildman–Crippen LogP) is 2.82. The average Bonchev–Trinajstić information content (AvgIpc) is 2.40. The molecule has 2 rings (SSSR count). The number of ketones is 1. The highest BCUT2D eigenvalue weighted by atomic mass is 32.2. The van der Waals surface area contributed by atoms with Crippen LogP contribution in [0.4, 0.5) is 0 Å². The lowest BCUT2D eigenvalue weighted by Crippen LogP contribution is -2.33. The van der Waals surface area contributed by atoms with Gasteiger partial charge in [0.05, 0.1) is 5.25 Å². The molecule has 4 heteroatoms. The molecule has 0 saturated carbocycles. The van der Waals surface area contributed by atoms with E-state index in [1.165, 1.54) is 5.75 Å². The maximum Gasteiger partial charge on any atom is 0.152 e. The SMILES string of the molecule is CCC1SCCSC1C(=O)Cc1ccccn1. The number of carbonyl (C=O) groups excluding carboxylic acids is 1. The van der Waals surface area contributed by atoms with Gasteiger partial charge >= 0.3 is 0 Å². The van der Waals surface area contributed by atoms with Gasteiger partial charge in [0.25, 0.3) is 0 Å². The normalized spacial score (nSPS) is 24.5. The standard InChI is InChI=1S/C13H17NOS2/c1-2-12-13(17-8-7-16-12)11(15)9-10-5-3-4-6-14-10/h3-6,12-13H,2,7-9H2,1H3. The highest BCUT2D eigenvalue weighted by molar-refractivity contribution is 8.07. The van der Waals surface area contributed by atoms with E-state index < -0.39 is 0 Å². The lowest BCUT2D eigenvalue weighted by molar-refractivity contribution is -0.118. The van der Waals surface area contributed by atoms with Crippen LogP contribution in [0.1, 0.15) is 19.0 Å². The molecule has 0 N–H and O–H groups in total. The molecule has 2 heterocycles. The molecular formula is C13H17NOS2. The molecule has 2 atom stereocenters. The molecule has 0 aromatic carbocycles. The molecule has 0 radical (unpaired) electrons. The molecule has 17 heavy (non-hydrogen) atoms. The minimum Gasteiger partial charge on any atom is -0.298 e. The number of hydrogen-bond donors (Lipinski definition) is 0. The lowest BCUT2D eigenvalue weighted by Gasteiger charge is -2.28. The Morgan fingerprint density at radius 3 is 2.94 bits per heavy atom. The second-order valence-corrected chi connectivity index (χ2v) is 6.67. The molecule has 1 aliphatic rings. The smallest absolute Gasteiger partial charge is 0.152 e. The van der Waals surface area contributed by atoms with Crippen molar-refractivity contribution in [2.75, 3.05) is 11.5 Å². The third-order valence-corrected chi connectivity index (χ3v) is 6.15. The summed E-state index contributed by atoms with van der Waals surface area (Å²) in [6.45, 7) is 2.17. The molecule has 1 aromatic heterocycles. The first kappa shape index (κ1) is 13.0. The van der Waals surface area contributed by atoms with Crippen molar-refractivity contribution in [2.45, 2.75) is 30.3 Å². The Labute approximate surface area is 111 Å². The van der Waals surface area contributed by atoms with E-state index in [0.29, 0.717) is 17.5 Å². The third kappa shape index (κ3) is 3.49. The molecule has 1 saturated heterocycles. The van der Waals surface area contributed by atoms with Crippen molar-refractivity contribution in [3.05, 3.63) is 30.1 Å². The van der Waals surface area contributed by atoms with Crippen LogP contribution in [0.2, 0.25) is 0 Å². The van der Waals surface area contributed by atoms with Crippen molar-refractivity contribution < 1.29 is 4.79 Å². The van der Waals surface area contributed by atoms with Crippen LogP contribution in [-0.2, 0) is 11.2 Å². The predicted molar refractivity (Wildman–Crippen MR) is 75.7 cm³/mol. The van der Waals surface area contributed by atoms with Crippen LogP contribution in [0.25, 0.3) is 0 Å². The van der Waals surface area contributed by atoms with Gasteiger partial charge in [-0.1, -0.05) is 13.0 Å². The zero-order chi connectivity index (χ0) is 12.1. The molecule has 1 aliphatic heterocycles. The Morgan fingerprint density at radius 2 is 2.24 bits per heavy atom. The first-order valence-electron chi connectivity index (χ1n) is 5.97. The van der Waals surface area contributed by atoms with E-state index in [-0.39, 0.29) is 5.25 Å². The Hall–Kier alpha value is -0.480. The van der Waals surface area contributed by atoms with Crippen molar-refractivity contribution in [1.29, 1.82) is 0 Å². The van der Waals surface area contributed by atoms with E-state index in [0.717, 1.165) is 17.9 Å². The van der Waals surface area contributed by atoms with Gasteiger partial charge in [0.2, 0.25) is 0 Å². The summed E-state index contributed by atoms with van der Waals surface area (Å²) in [6.07, 6.45) is 3.31. The number of rotatable bonds is 4. The van der Waals surface area contributed by atoms with Gasteiger partial charge in [-0.05, 0) is 18.6 Å². The van der Waals surface area contributed by atoms with Crippen LogP contribution in [0, 0.1) is 0 Å². The van der Waals surface area contributed by atoms with Crippen LogP contribution in [0.15, 0.2) is 24.4 Å². The van der Waals surface area contributed by atoms with Gasteiger partial charge in [-0.2, -0.15) is 11.8 Å². The maximum absolute atomic E-state index is 12.3. The fourth-order valence-electron chi connectivity index (χ4n) is 1.98. The Kier molecular flexibility index (Phi) is 4.92. The summed E-state index contributed by atoms with van der Waals surface area (Å²) in [6, 6.07) is 5.75. The molecule has 0 spiro atoms. The van der Waals surface area contributed by atoms with Gasteiger partial charge in [0.15, 0.2) is 5.78 Å². The van der Waals surface area contributed by atoms with Gasteiger partial charge in [-0.3, -0.25) is 9.78 Å². The summed E-state index contributed by atoms with van der Waals surface area (Å²) in [7, 11) is 0. The van der Waals surface area contributed by atoms with E-state index >= 15 is 0 Å². The number of Topliss-reactive ketones (excluding diaryl/α,β-unsaturated/α-hetero) is 1. The number of carbonyl (C=O) groups is 1. The van der Waals surface area contributed by atoms with Crippen molar-refractivity contribution in [3.8, 4) is 0 Å². The van der Waals surface area contributed by atoms with Crippen molar-refractivity contribution in [2.24, 2.45) is 0 Å². The van der Waals surface area contributed by atoms with Crippen LogP contribution in [0.3, 0.4) is 0 Å². The average molecular weight is 267 g/mol. The summed E-state index contributed by atoms with van der Waals surface area (Å²) < 4.78 is 0. The lowest BCUT2D eigenvalue weighted by atomic mass is 10.1. The quantitative estimate of drug-likeness (QED) is 0.839. The number of thioether (sulfide) groups is 2. The second kappa shape index (κ2) is 6.45. The minimum absolute atomic E-state index is 0.167. The minimum atomic E-state index is 0.167. The molecule has 2 unspecified atom stereocenters. The van der Waals surface area contributed by atoms with Crippen LogP contribution >= 0.6 is 23.5 Å². The monoisotopic (exact) mass is 267 g/mol. The van der Waals surface area contributed by atoms with Crippen LogP contribution in [0.5, 0.6) is 0 Å². The van der Waals surface area contributed by atoms with Gasteiger partial charge in [-0.25, -0.2) is 0 Å². The molecular weight excluding hydrogens is 250 g/mol. The fraction of sp³-hybridized carbons (Fsp3) is 0.538. The highest BCUT2D eigenvalue weighted by Crippen LogP contribution is 2.34. The summed E-state index contributed by atoms with van der Waals surface area (Å²) in [5.74, 6) is 2.61. The first-order chi connectivity index (χ1) is 8.31. The molecule has 0 bridgehead atoms. The van der Waals surface area contributed by atoms with Crippen molar-refractivity contribution in [1.82, 2.24) is 4.98 Å². The zero-order valence-corrected chi connectivity index (χ0v) is 11.6. The Morgan fingerprint density at radius 1 is 1.41 bits per heavy atom. The molecule has 2 nitrogen and oxygen atoms in total. The molecule has 0 amide bonds. The van der Waals surface area contributed by atoms with E-state index in [2.05, 4.69) is 11.9 Å². The van der Waals surface area contributed by atoms with Crippen LogP contribution in [-0.4, -0.2) is 32.8 Å². The second-order valence-electron chi connectivity index (χ2n) is 4.07. The van der Waals surface area contributed by atoms with E-state index in [4.69, 9.17) is 0 Å². The summed E-state index contributed by atoms with van der Waals surface area (Å²) in [5, 5.41) is 0.658. The topological polar surface area (TPSA) is 30.0 Å². The Balaban J connectivity index is 1.99. The largest absolute Gasteiger partial charge is 0.298 e. The summed E-state index contributed by atoms with van der Waals surface area (Å²) in [4.78, 5) is 16.5. The number of aromatic nitrogens is 1. The third-order valence-electron chi connectivity index (χ3n) is 2.85. The summed E-state index contributed by atoms with van der Waals surface area (Å²) >= 11 is 3.77. The van der Waals surface area contributed by atoms with Crippen molar-refractivity contribution in [3.63, 3.8) is 0 Å². The van der Waals surface area contributed by atoms with Gasteiger partial charge in [0.1, 0.15) is 0 Å².